The molecule has 36 heavy (non-hydrogen) atoms. The van der Waals surface area contributed by atoms with Gasteiger partial charge in [-0.1, -0.05) is 19.1 Å². The molecule has 0 radical (unpaired) electrons. The highest BCUT2D eigenvalue weighted by molar-refractivity contribution is 6.01. The number of fused-ring (bicyclic) bond motifs is 1. The van der Waals surface area contributed by atoms with Gasteiger partial charge in [-0.3, -0.25) is 14.3 Å². The number of carbonyl (C=O) groups excluding carboxylic acids is 3. The van der Waals surface area contributed by atoms with Crippen molar-refractivity contribution in [3.05, 3.63) is 47.3 Å². The normalized spacial score (nSPS) is 23.8. The predicted octanol–water partition coefficient (Wildman–Crippen LogP) is 3.57. The van der Waals surface area contributed by atoms with Crippen molar-refractivity contribution < 1.29 is 23.9 Å². The summed E-state index contributed by atoms with van der Waals surface area (Å²) in [6.45, 7) is 8.28. The van der Waals surface area contributed by atoms with Gasteiger partial charge in [0.25, 0.3) is 5.91 Å². The molecule has 1 aliphatic heterocycles. The molecule has 1 fully saturated rings. The van der Waals surface area contributed by atoms with Gasteiger partial charge in [0.2, 0.25) is 5.91 Å². The lowest BCUT2D eigenvalue weighted by atomic mass is 9.86. The van der Waals surface area contributed by atoms with Crippen LogP contribution in [0, 0.1) is 5.92 Å². The Morgan fingerprint density at radius 3 is 2.44 bits per heavy atom. The smallest absolute Gasteiger partial charge is 0.358 e. The minimum atomic E-state index is -1.19. The summed E-state index contributed by atoms with van der Waals surface area (Å²) in [6, 6.07) is 9.05. The Balaban J connectivity index is 1.64. The number of amides is 2. The maximum absolute atomic E-state index is 13.7. The largest absolute Gasteiger partial charge is 0.491 e. The number of esters is 1. The van der Waals surface area contributed by atoms with Gasteiger partial charge in [-0.2, -0.15) is 5.10 Å². The number of hydrogen-bond donors (Lipinski definition) is 1. The Kier molecular flexibility index (Phi) is 7.38. The standard InChI is InChI=1S/C27H36N4O5/c1-17(2)36-21-12-8-19(9-13-21)15-30-24(32)23-14-22(25(33)35-5)29-31(23)16-27(30,4)26(34)28-20-10-6-18(3)7-11-20/h8-9,12-14,17-18,20H,6-7,10-11,15-16H2,1-5H3,(H,28,34). The van der Waals surface area contributed by atoms with Crippen molar-refractivity contribution in [3.63, 3.8) is 0 Å². The van der Waals surface area contributed by atoms with Crippen LogP contribution < -0.4 is 10.1 Å². The number of benzene rings is 1. The Morgan fingerprint density at radius 1 is 1.17 bits per heavy atom. The molecule has 2 heterocycles. The molecule has 1 aromatic carbocycles. The van der Waals surface area contributed by atoms with E-state index < -0.39 is 11.5 Å². The molecule has 9 heteroatoms. The number of carbonyl (C=O) groups is 3. The minimum Gasteiger partial charge on any atom is -0.491 e. The van der Waals surface area contributed by atoms with E-state index in [1.165, 1.54) is 17.9 Å². The first-order valence-corrected chi connectivity index (χ1v) is 12.7. The number of nitrogens with one attached hydrogen (secondary N) is 1. The number of ether oxygens (including phenoxy) is 2. The van der Waals surface area contributed by atoms with E-state index in [1.807, 2.05) is 38.1 Å². The van der Waals surface area contributed by atoms with E-state index in [0.717, 1.165) is 37.0 Å². The molecule has 1 saturated carbocycles. The van der Waals surface area contributed by atoms with Gasteiger partial charge in [0.15, 0.2) is 5.69 Å². The maximum atomic E-state index is 13.7. The van der Waals surface area contributed by atoms with Gasteiger partial charge in [-0.05, 0) is 70.1 Å². The van der Waals surface area contributed by atoms with E-state index in [2.05, 4.69) is 17.3 Å². The summed E-state index contributed by atoms with van der Waals surface area (Å²) < 4.78 is 12.0. The van der Waals surface area contributed by atoms with Gasteiger partial charge in [-0.15, -0.1) is 0 Å². The van der Waals surface area contributed by atoms with Crippen LogP contribution in [0.25, 0.3) is 0 Å². The number of nitrogens with zero attached hydrogens (tertiary/aromatic N) is 3. The van der Waals surface area contributed by atoms with E-state index in [1.54, 1.807) is 11.8 Å². The molecular weight excluding hydrogens is 460 g/mol. The van der Waals surface area contributed by atoms with Gasteiger partial charge >= 0.3 is 5.97 Å². The van der Waals surface area contributed by atoms with Gasteiger partial charge in [0.05, 0.1) is 19.8 Å². The van der Waals surface area contributed by atoms with Crippen LogP contribution in [-0.4, -0.2) is 57.3 Å². The van der Waals surface area contributed by atoms with Crippen LogP contribution in [-0.2, 0) is 22.6 Å². The molecule has 1 aliphatic carbocycles. The summed E-state index contributed by atoms with van der Waals surface area (Å²) in [7, 11) is 1.27. The zero-order valence-corrected chi connectivity index (χ0v) is 21.7. The highest BCUT2D eigenvalue weighted by Gasteiger charge is 2.48. The summed E-state index contributed by atoms with van der Waals surface area (Å²) >= 11 is 0. The predicted molar refractivity (Wildman–Crippen MR) is 134 cm³/mol. The first-order chi connectivity index (χ1) is 17.1. The highest BCUT2D eigenvalue weighted by Crippen LogP contribution is 2.31. The number of aromatic nitrogens is 2. The van der Waals surface area contributed by atoms with E-state index in [9.17, 15) is 14.4 Å². The summed E-state index contributed by atoms with van der Waals surface area (Å²) in [5.41, 5.74) is -0.0281. The quantitative estimate of drug-likeness (QED) is 0.588. The van der Waals surface area contributed by atoms with Crippen molar-refractivity contribution in [1.29, 1.82) is 0 Å². The lowest BCUT2D eigenvalue weighted by Gasteiger charge is -2.44. The van der Waals surface area contributed by atoms with Crippen LogP contribution in [0.4, 0.5) is 0 Å². The fourth-order valence-electron chi connectivity index (χ4n) is 4.97. The van der Waals surface area contributed by atoms with Gasteiger partial charge in [-0.25, -0.2) is 4.79 Å². The number of rotatable bonds is 7. The maximum Gasteiger partial charge on any atom is 0.358 e. The molecule has 0 saturated heterocycles. The molecular formula is C27H36N4O5. The van der Waals surface area contributed by atoms with Gasteiger partial charge < -0.3 is 19.7 Å². The highest BCUT2D eigenvalue weighted by atomic mass is 16.5. The third-order valence-electron chi connectivity index (χ3n) is 7.17. The monoisotopic (exact) mass is 496 g/mol. The van der Waals surface area contributed by atoms with E-state index >= 15 is 0 Å². The molecule has 194 valence electrons. The molecule has 2 aromatic rings. The third kappa shape index (κ3) is 5.24. The van der Waals surface area contributed by atoms with Gasteiger partial charge in [0, 0.05) is 18.7 Å². The molecule has 9 nitrogen and oxygen atoms in total. The second kappa shape index (κ2) is 10.3. The number of methoxy groups -OCH3 is 1. The van der Waals surface area contributed by atoms with E-state index in [-0.39, 0.29) is 48.4 Å². The average Bonchev–Trinajstić information content (AvgIpc) is 3.27. The lowest BCUT2D eigenvalue weighted by Crippen LogP contribution is -2.64. The summed E-state index contributed by atoms with van der Waals surface area (Å²) in [6.07, 6.45) is 4.04. The molecule has 4 rings (SSSR count). The zero-order valence-electron chi connectivity index (χ0n) is 21.7. The first kappa shape index (κ1) is 25.7. The molecule has 1 unspecified atom stereocenters. The Morgan fingerprint density at radius 2 is 1.83 bits per heavy atom. The zero-order chi connectivity index (χ0) is 26.0. The van der Waals surface area contributed by atoms with Crippen LogP contribution in [0.3, 0.4) is 0 Å². The molecule has 2 amide bonds. The van der Waals surface area contributed by atoms with Gasteiger partial charge in [0.1, 0.15) is 17.0 Å². The van der Waals surface area contributed by atoms with Crippen molar-refractivity contribution >= 4 is 17.8 Å². The Labute approximate surface area is 212 Å². The second-order valence-corrected chi connectivity index (χ2v) is 10.5. The fourth-order valence-corrected chi connectivity index (χ4v) is 4.97. The molecule has 1 aromatic heterocycles. The van der Waals surface area contributed by atoms with Crippen molar-refractivity contribution in [3.8, 4) is 5.75 Å². The van der Waals surface area contributed by atoms with E-state index in [0.29, 0.717) is 5.92 Å². The van der Waals surface area contributed by atoms with Crippen LogP contribution in [0.1, 0.15) is 79.9 Å². The average molecular weight is 497 g/mol. The SMILES string of the molecule is COC(=O)c1cc2n(n1)CC(C)(C(=O)NC1CCC(C)CC1)N(Cc1ccc(OC(C)C)cc1)C2=O. The molecule has 0 bridgehead atoms. The molecule has 0 spiro atoms. The van der Waals surface area contributed by atoms with Crippen LogP contribution in [0.15, 0.2) is 30.3 Å². The summed E-state index contributed by atoms with van der Waals surface area (Å²) in [5.74, 6) is 0.204. The van der Waals surface area contributed by atoms with E-state index in [4.69, 9.17) is 9.47 Å². The van der Waals surface area contributed by atoms with Crippen LogP contribution in [0.5, 0.6) is 5.75 Å². The third-order valence-corrected chi connectivity index (χ3v) is 7.17. The Bertz CT molecular complexity index is 1120. The van der Waals surface area contributed by atoms with Crippen LogP contribution >= 0.6 is 0 Å². The van der Waals surface area contributed by atoms with Crippen molar-refractivity contribution in [1.82, 2.24) is 20.0 Å². The van der Waals surface area contributed by atoms with Crippen molar-refractivity contribution in [2.24, 2.45) is 5.92 Å². The lowest BCUT2D eigenvalue weighted by molar-refractivity contribution is -0.134. The fraction of sp³-hybridized carbons (Fsp3) is 0.556. The minimum absolute atomic E-state index is 0.0434. The van der Waals surface area contributed by atoms with Crippen LogP contribution in [0.2, 0.25) is 0 Å². The Hall–Kier alpha value is -3.36. The summed E-state index contributed by atoms with van der Waals surface area (Å²) in [4.78, 5) is 41.1. The van der Waals surface area contributed by atoms with Crippen molar-refractivity contribution in [2.75, 3.05) is 7.11 Å². The topological polar surface area (TPSA) is 103 Å². The number of hydrogen-bond acceptors (Lipinski definition) is 6. The summed E-state index contributed by atoms with van der Waals surface area (Å²) in [5, 5.41) is 7.49. The molecule has 1 atom stereocenters. The van der Waals surface area contributed by atoms with Crippen molar-refractivity contribution in [2.45, 2.75) is 84.2 Å². The molecule has 1 N–H and O–H groups in total. The molecule has 2 aliphatic rings. The first-order valence-electron chi connectivity index (χ1n) is 12.7. The second-order valence-electron chi connectivity index (χ2n) is 10.5.